The molecule has 1 saturated heterocycles. The standard InChI is InChI=1S/C26H21NO7/c1-33-18-11-12-19(20(14-18)34-2)22-21(23(28)15-7-4-3-5-8-15)24(29)25(30)27(22)17-10-6-9-16(13-17)26(31)32/h3-14,22,28H,1-2H3,(H,31,32)/b23-21+. The number of Topliss-reactive ketones (excluding diaryl/α,β-unsaturated/α-hetero) is 1. The first-order valence-electron chi connectivity index (χ1n) is 10.3. The first kappa shape index (κ1) is 22.6. The number of ketones is 1. The first-order chi connectivity index (χ1) is 16.4. The molecule has 0 spiro atoms. The number of ether oxygens (including phenoxy) is 2. The Morgan fingerprint density at radius 2 is 1.56 bits per heavy atom. The number of rotatable bonds is 6. The molecule has 1 heterocycles. The quantitative estimate of drug-likeness (QED) is 0.325. The van der Waals surface area contributed by atoms with Gasteiger partial charge in [-0.25, -0.2) is 4.79 Å². The molecule has 0 saturated carbocycles. The molecular weight excluding hydrogens is 438 g/mol. The third kappa shape index (κ3) is 3.86. The van der Waals surface area contributed by atoms with Crippen molar-refractivity contribution in [3.05, 3.63) is 95.1 Å². The van der Waals surface area contributed by atoms with Crippen LogP contribution in [0, 0.1) is 0 Å². The average molecular weight is 459 g/mol. The summed E-state index contributed by atoms with van der Waals surface area (Å²) in [7, 11) is 2.93. The zero-order valence-corrected chi connectivity index (χ0v) is 18.4. The predicted octanol–water partition coefficient (Wildman–Crippen LogP) is 4.03. The van der Waals surface area contributed by atoms with Crippen LogP contribution in [0.1, 0.15) is 27.5 Å². The number of carbonyl (C=O) groups is 3. The molecule has 1 aliphatic heterocycles. The van der Waals surface area contributed by atoms with Gasteiger partial charge in [0.25, 0.3) is 11.7 Å². The van der Waals surface area contributed by atoms with E-state index in [-0.39, 0.29) is 22.6 Å². The van der Waals surface area contributed by atoms with E-state index in [1.54, 1.807) is 48.5 Å². The van der Waals surface area contributed by atoms with Crippen molar-refractivity contribution in [2.75, 3.05) is 19.1 Å². The van der Waals surface area contributed by atoms with Crippen molar-refractivity contribution >= 4 is 29.1 Å². The van der Waals surface area contributed by atoms with Crippen LogP contribution in [0.2, 0.25) is 0 Å². The summed E-state index contributed by atoms with van der Waals surface area (Å²) in [6.07, 6.45) is 0. The summed E-state index contributed by atoms with van der Waals surface area (Å²) in [6.45, 7) is 0. The van der Waals surface area contributed by atoms with E-state index in [9.17, 15) is 24.6 Å². The van der Waals surface area contributed by atoms with Crippen molar-refractivity contribution in [3.63, 3.8) is 0 Å². The Bertz CT molecular complexity index is 1310. The lowest BCUT2D eigenvalue weighted by Crippen LogP contribution is -2.29. The first-order valence-corrected chi connectivity index (χ1v) is 10.3. The highest BCUT2D eigenvalue weighted by Crippen LogP contribution is 2.45. The van der Waals surface area contributed by atoms with Gasteiger partial charge in [-0.05, 0) is 30.3 Å². The molecule has 0 bridgehead atoms. The van der Waals surface area contributed by atoms with Crippen LogP contribution < -0.4 is 14.4 Å². The molecule has 1 atom stereocenters. The lowest BCUT2D eigenvalue weighted by molar-refractivity contribution is -0.132. The molecule has 172 valence electrons. The Labute approximate surface area is 195 Å². The van der Waals surface area contributed by atoms with E-state index in [1.165, 1.54) is 43.4 Å². The lowest BCUT2D eigenvalue weighted by atomic mass is 9.94. The fourth-order valence-corrected chi connectivity index (χ4v) is 3.98. The van der Waals surface area contributed by atoms with Gasteiger partial charge in [0, 0.05) is 22.9 Å². The molecule has 3 aromatic rings. The molecule has 4 rings (SSSR count). The Morgan fingerprint density at radius 3 is 2.21 bits per heavy atom. The molecule has 3 aromatic carbocycles. The predicted molar refractivity (Wildman–Crippen MR) is 124 cm³/mol. The number of aromatic carboxylic acids is 1. The fraction of sp³-hybridized carbons (Fsp3) is 0.115. The maximum atomic E-state index is 13.3. The van der Waals surface area contributed by atoms with E-state index >= 15 is 0 Å². The maximum absolute atomic E-state index is 13.3. The van der Waals surface area contributed by atoms with Gasteiger partial charge < -0.3 is 19.7 Å². The SMILES string of the molecule is COc1ccc(C2/C(=C(\O)c3ccccc3)C(=O)C(=O)N2c2cccc(C(=O)O)c2)c(OC)c1. The Kier molecular flexibility index (Phi) is 6.05. The smallest absolute Gasteiger partial charge is 0.335 e. The number of nitrogens with zero attached hydrogens (tertiary/aromatic N) is 1. The normalized spacial score (nSPS) is 17.0. The third-order valence-electron chi connectivity index (χ3n) is 5.60. The Hall–Kier alpha value is -4.59. The second kappa shape index (κ2) is 9.11. The zero-order valence-electron chi connectivity index (χ0n) is 18.4. The molecule has 34 heavy (non-hydrogen) atoms. The highest BCUT2D eigenvalue weighted by Gasteiger charge is 2.48. The molecule has 2 N–H and O–H groups in total. The van der Waals surface area contributed by atoms with Gasteiger partial charge in [0.05, 0.1) is 31.4 Å². The molecule has 8 heteroatoms. The lowest BCUT2D eigenvalue weighted by Gasteiger charge is -2.27. The van der Waals surface area contributed by atoms with Gasteiger partial charge in [-0.3, -0.25) is 14.5 Å². The van der Waals surface area contributed by atoms with Crippen LogP contribution in [0.5, 0.6) is 11.5 Å². The van der Waals surface area contributed by atoms with Crippen molar-refractivity contribution < 1.29 is 34.1 Å². The topological polar surface area (TPSA) is 113 Å². The molecule has 0 radical (unpaired) electrons. The summed E-state index contributed by atoms with van der Waals surface area (Å²) in [4.78, 5) is 39.2. The van der Waals surface area contributed by atoms with Crippen molar-refractivity contribution in [2.45, 2.75) is 6.04 Å². The number of benzene rings is 3. The minimum Gasteiger partial charge on any atom is -0.507 e. The largest absolute Gasteiger partial charge is 0.507 e. The highest BCUT2D eigenvalue weighted by atomic mass is 16.5. The van der Waals surface area contributed by atoms with Crippen molar-refractivity contribution in [2.24, 2.45) is 0 Å². The van der Waals surface area contributed by atoms with Crippen LogP contribution in [0.15, 0.2) is 78.4 Å². The number of carboxylic acids is 1. The summed E-state index contributed by atoms with van der Waals surface area (Å²) >= 11 is 0. The second-order valence-electron chi connectivity index (χ2n) is 7.50. The van der Waals surface area contributed by atoms with E-state index in [1.807, 2.05) is 0 Å². The summed E-state index contributed by atoms with van der Waals surface area (Å²) in [5.41, 5.74) is 0.776. The van der Waals surface area contributed by atoms with Gasteiger partial charge in [0.2, 0.25) is 0 Å². The number of hydrogen-bond acceptors (Lipinski definition) is 6. The van der Waals surface area contributed by atoms with Crippen LogP contribution in [0.3, 0.4) is 0 Å². The monoisotopic (exact) mass is 459 g/mol. The van der Waals surface area contributed by atoms with Crippen LogP contribution in [0.4, 0.5) is 5.69 Å². The van der Waals surface area contributed by atoms with Gasteiger partial charge in [0.1, 0.15) is 17.3 Å². The van der Waals surface area contributed by atoms with Gasteiger partial charge in [-0.15, -0.1) is 0 Å². The third-order valence-corrected chi connectivity index (χ3v) is 5.60. The Balaban J connectivity index is 2.00. The number of aliphatic hydroxyl groups is 1. The van der Waals surface area contributed by atoms with Crippen molar-refractivity contribution in [3.8, 4) is 11.5 Å². The van der Waals surface area contributed by atoms with E-state index in [0.29, 0.717) is 22.6 Å². The second-order valence-corrected chi connectivity index (χ2v) is 7.50. The minimum atomic E-state index is -1.18. The summed E-state index contributed by atoms with van der Waals surface area (Å²) < 4.78 is 10.8. The Morgan fingerprint density at radius 1 is 0.853 bits per heavy atom. The molecule has 0 aromatic heterocycles. The van der Waals surface area contributed by atoms with Gasteiger partial charge in [-0.2, -0.15) is 0 Å². The molecule has 1 fully saturated rings. The molecule has 0 aliphatic carbocycles. The van der Waals surface area contributed by atoms with Crippen molar-refractivity contribution in [1.29, 1.82) is 0 Å². The van der Waals surface area contributed by atoms with Crippen LogP contribution in [-0.2, 0) is 9.59 Å². The zero-order chi connectivity index (χ0) is 24.4. The highest BCUT2D eigenvalue weighted by molar-refractivity contribution is 6.51. The molecule has 8 nitrogen and oxygen atoms in total. The molecule has 1 unspecified atom stereocenters. The molecular formula is C26H21NO7. The number of amides is 1. The fourth-order valence-electron chi connectivity index (χ4n) is 3.98. The van der Waals surface area contributed by atoms with Gasteiger partial charge in [0.15, 0.2) is 0 Å². The average Bonchev–Trinajstić information content (AvgIpc) is 3.13. The number of methoxy groups -OCH3 is 2. The van der Waals surface area contributed by atoms with Crippen LogP contribution >= 0.6 is 0 Å². The van der Waals surface area contributed by atoms with E-state index < -0.39 is 23.7 Å². The van der Waals surface area contributed by atoms with E-state index in [0.717, 1.165) is 0 Å². The number of carboxylic acid groups (broad SMARTS) is 1. The number of anilines is 1. The summed E-state index contributed by atoms with van der Waals surface area (Å²) in [5, 5.41) is 20.6. The van der Waals surface area contributed by atoms with Crippen LogP contribution in [0.25, 0.3) is 5.76 Å². The number of aliphatic hydroxyl groups excluding tert-OH is 1. The maximum Gasteiger partial charge on any atom is 0.335 e. The minimum absolute atomic E-state index is 0.0529. The van der Waals surface area contributed by atoms with Gasteiger partial charge >= 0.3 is 5.97 Å². The van der Waals surface area contributed by atoms with Gasteiger partial charge in [-0.1, -0.05) is 36.4 Å². The molecule has 1 aliphatic rings. The number of hydrogen-bond donors (Lipinski definition) is 2. The molecule has 1 amide bonds. The van der Waals surface area contributed by atoms with Crippen molar-refractivity contribution in [1.82, 2.24) is 0 Å². The number of carbonyl (C=O) groups excluding carboxylic acids is 2. The van der Waals surface area contributed by atoms with E-state index in [4.69, 9.17) is 9.47 Å². The summed E-state index contributed by atoms with van der Waals surface area (Å²) in [5.74, 6) is -2.51. The van der Waals surface area contributed by atoms with E-state index in [2.05, 4.69) is 0 Å². The summed E-state index contributed by atoms with van der Waals surface area (Å²) in [6, 6.07) is 17.9. The van der Waals surface area contributed by atoms with Crippen LogP contribution in [-0.4, -0.2) is 42.1 Å².